The smallest absolute Gasteiger partial charge is 0.332 e. The van der Waals surface area contributed by atoms with Gasteiger partial charge < -0.3 is 9.30 Å². The van der Waals surface area contributed by atoms with Gasteiger partial charge in [0.2, 0.25) is 0 Å². The summed E-state index contributed by atoms with van der Waals surface area (Å²) in [6.45, 7) is 6.25. The molecule has 0 amide bonds. The Balaban J connectivity index is 2.20. The molecule has 2 heterocycles. The lowest BCUT2D eigenvalue weighted by molar-refractivity contribution is -0.147. The molecule has 0 aliphatic carbocycles. The van der Waals surface area contributed by atoms with Gasteiger partial charge in [-0.05, 0) is 19.4 Å². The Kier molecular flexibility index (Phi) is 5.72. The quantitative estimate of drug-likeness (QED) is 0.588. The fourth-order valence-electron chi connectivity index (χ4n) is 3.45. The zero-order chi connectivity index (χ0) is 21.3. The minimum atomic E-state index is -0.437. The van der Waals surface area contributed by atoms with Crippen molar-refractivity contribution in [3.63, 3.8) is 0 Å². The Morgan fingerprint density at radius 2 is 1.93 bits per heavy atom. The maximum absolute atomic E-state index is 12.9. The average Bonchev–Trinajstić information content (AvgIpc) is 3.03. The van der Waals surface area contributed by atoms with E-state index >= 15 is 0 Å². The molecule has 3 aromatic rings. The lowest BCUT2D eigenvalue weighted by atomic mass is 10.1. The third-order valence-electron chi connectivity index (χ3n) is 5.03. The number of imidazole rings is 1. The Hall–Kier alpha value is -3.16. The minimum absolute atomic E-state index is 0.302. The number of nitrogens with zero attached hydrogens (tertiary/aromatic N) is 4. The Labute approximate surface area is 168 Å². The summed E-state index contributed by atoms with van der Waals surface area (Å²) in [7, 11) is 3.04. The first-order chi connectivity index (χ1) is 13.7. The minimum Gasteiger partial charge on any atom is -0.466 e. The third kappa shape index (κ3) is 3.87. The number of rotatable bonds is 6. The number of aryl methyl sites for hydroxylation is 2. The second-order valence-electron chi connectivity index (χ2n) is 7.34. The number of aromatic nitrogens is 4. The van der Waals surface area contributed by atoms with Crippen molar-refractivity contribution in [1.29, 1.82) is 0 Å². The molecular formula is C21H26N4O4. The maximum atomic E-state index is 12.9. The van der Waals surface area contributed by atoms with Gasteiger partial charge in [0.15, 0.2) is 11.2 Å². The van der Waals surface area contributed by atoms with Crippen LogP contribution in [0.2, 0.25) is 0 Å². The van der Waals surface area contributed by atoms with Gasteiger partial charge in [0.1, 0.15) is 5.82 Å². The van der Waals surface area contributed by atoms with Crippen LogP contribution in [0, 0.1) is 12.8 Å². The van der Waals surface area contributed by atoms with Crippen LogP contribution in [0.25, 0.3) is 11.2 Å². The van der Waals surface area contributed by atoms with Crippen LogP contribution in [0.3, 0.4) is 0 Å². The van der Waals surface area contributed by atoms with E-state index in [1.165, 1.54) is 11.6 Å². The van der Waals surface area contributed by atoms with Crippen LogP contribution in [0.15, 0.2) is 33.9 Å². The average molecular weight is 398 g/mol. The molecule has 2 aromatic heterocycles. The van der Waals surface area contributed by atoms with Crippen molar-refractivity contribution in [2.24, 2.45) is 20.0 Å². The van der Waals surface area contributed by atoms with Gasteiger partial charge in [0, 0.05) is 27.1 Å². The summed E-state index contributed by atoms with van der Waals surface area (Å²) in [4.78, 5) is 42.0. The van der Waals surface area contributed by atoms with E-state index in [9.17, 15) is 14.4 Å². The molecule has 0 fully saturated rings. The molecule has 0 radical (unpaired) electrons. The van der Waals surface area contributed by atoms with Gasteiger partial charge in [-0.15, -0.1) is 0 Å². The summed E-state index contributed by atoms with van der Waals surface area (Å²) in [5, 5.41) is 0. The second kappa shape index (κ2) is 8.06. The lowest BCUT2D eigenvalue weighted by Crippen LogP contribution is -2.37. The summed E-state index contributed by atoms with van der Waals surface area (Å²) < 4.78 is 9.36. The number of benzene rings is 1. The van der Waals surface area contributed by atoms with E-state index in [1.54, 1.807) is 20.9 Å². The van der Waals surface area contributed by atoms with Crippen LogP contribution in [0.5, 0.6) is 0 Å². The first-order valence-corrected chi connectivity index (χ1v) is 9.61. The zero-order valence-electron chi connectivity index (χ0n) is 17.4. The van der Waals surface area contributed by atoms with Gasteiger partial charge in [-0.1, -0.05) is 36.8 Å². The zero-order valence-corrected chi connectivity index (χ0v) is 17.4. The lowest BCUT2D eigenvalue weighted by Gasteiger charge is -2.13. The van der Waals surface area contributed by atoms with Crippen LogP contribution >= 0.6 is 0 Å². The van der Waals surface area contributed by atoms with Crippen LogP contribution < -0.4 is 11.2 Å². The van der Waals surface area contributed by atoms with Crippen LogP contribution in [0.4, 0.5) is 0 Å². The van der Waals surface area contributed by atoms with Gasteiger partial charge in [0.05, 0.1) is 12.5 Å². The van der Waals surface area contributed by atoms with Gasteiger partial charge >= 0.3 is 11.7 Å². The van der Waals surface area contributed by atoms with Crippen molar-refractivity contribution in [3.05, 3.63) is 62.1 Å². The van der Waals surface area contributed by atoms with Gasteiger partial charge in [-0.3, -0.25) is 18.7 Å². The van der Waals surface area contributed by atoms with Gasteiger partial charge in [0.25, 0.3) is 5.56 Å². The Morgan fingerprint density at radius 1 is 1.21 bits per heavy atom. The molecule has 0 aliphatic heterocycles. The molecule has 29 heavy (non-hydrogen) atoms. The number of hydrogen-bond donors (Lipinski definition) is 0. The van der Waals surface area contributed by atoms with E-state index in [-0.39, 0.29) is 5.97 Å². The summed E-state index contributed by atoms with van der Waals surface area (Å²) in [6.07, 6.45) is 0.302. The largest absolute Gasteiger partial charge is 0.466 e. The SMILES string of the molecule is CCOC(=O)C(C)Cc1nc2c(c(=O)n(C)c(=O)n2C)n1Cc1cccc(C)c1. The fourth-order valence-corrected chi connectivity index (χ4v) is 3.45. The molecule has 0 saturated heterocycles. The maximum Gasteiger partial charge on any atom is 0.332 e. The summed E-state index contributed by atoms with van der Waals surface area (Å²) >= 11 is 0. The van der Waals surface area contributed by atoms with Crippen molar-refractivity contribution >= 4 is 17.1 Å². The molecule has 0 aliphatic rings. The predicted octanol–water partition coefficient (Wildman–Crippen LogP) is 1.53. The van der Waals surface area contributed by atoms with E-state index in [4.69, 9.17) is 4.74 Å². The van der Waals surface area contributed by atoms with E-state index in [0.717, 1.165) is 15.7 Å². The van der Waals surface area contributed by atoms with E-state index in [2.05, 4.69) is 4.98 Å². The van der Waals surface area contributed by atoms with Crippen molar-refractivity contribution < 1.29 is 9.53 Å². The molecule has 8 heteroatoms. The highest BCUT2D eigenvalue weighted by atomic mass is 16.5. The standard InChI is InChI=1S/C21H26N4O4/c1-6-29-20(27)14(3)11-16-22-18-17(19(26)24(5)21(28)23(18)4)25(16)12-15-9-7-8-13(2)10-15/h7-10,14H,6,11-12H2,1-5H3. The molecular weight excluding hydrogens is 372 g/mol. The highest BCUT2D eigenvalue weighted by Gasteiger charge is 2.23. The molecule has 3 rings (SSSR count). The molecule has 0 saturated carbocycles. The van der Waals surface area contributed by atoms with Crippen LogP contribution in [0.1, 0.15) is 30.8 Å². The Morgan fingerprint density at radius 3 is 2.59 bits per heavy atom. The van der Waals surface area contributed by atoms with E-state index in [0.29, 0.717) is 36.6 Å². The number of carbonyl (C=O) groups excluding carboxylic acids is 1. The van der Waals surface area contributed by atoms with Crippen LogP contribution in [-0.4, -0.2) is 31.3 Å². The number of fused-ring (bicyclic) bond motifs is 1. The molecule has 1 aromatic carbocycles. The number of hydrogen-bond acceptors (Lipinski definition) is 5. The topological polar surface area (TPSA) is 88.1 Å². The molecule has 8 nitrogen and oxygen atoms in total. The predicted molar refractivity (Wildman–Crippen MR) is 110 cm³/mol. The summed E-state index contributed by atoms with van der Waals surface area (Å²) in [5.74, 6) is -0.173. The first kappa shape index (κ1) is 20.6. The molecule has 1 atom stereocenters. The number of esters is 1. The third-order valence-corrected chi connectivity index (χ3v) is 5.03. The summed E-state index contributed by atoms with van der Waals surface area (Å²) in [6, 6.07) is 7.97. The normalized spacial score (nSPS) is 12.3. The monoisotopic (exact) mass is 398 g/mol. The molecule has 0 bridgehead atoms. The van der Waals surface area contributed by atoms with Crippen molar-refractivity contribution in [1.82, 2.24) is 18.7 Å². The van der Waals surface area contributed by atoms with Gasteiger partial charge in [-0.25, -0.2) is 9.78 Å². The first-order valence-electron chi connectivity index (χ1n) is 9.61. The van der Waals surface area contributed by atoms with E-state index in [1.807, 2.05) is 35.8 Å². The molecule has 0 spiro atoms. The highest BCUT2D eigenvalue weighted by Crippen LogP contribution is 2.18. The number of ether oxygens (including phenoxy) is 1. The highest BCUT2D eigenvalue weighted by molar-refractivity contribution is 5.74. The summed E-state index contributed by atoms with van der Waals surface area (Å²) in [5.41, 5.74) is 1.93. The second-order valence-corrected chi connectivity index (χ2v) is 7.34. The molecule has 1 unspecified atom stereocenters. The van der Waals surface area contributed by atoms with E-state index < -0.39 is 17.2 Å². The number of carbonyl (C=O) groups is 1. The molecule has 154 valence electrons. The van der Waals surface area contributed by atoms with Crippen LogP contribution in [-0.2, 0) is 36.6 Å². The fraction of sp³-hybridized carbons (Fsp3) is 0.429. The van der Waals surface area contributed by atoms with Crippen molar-refractivity contribution in [2.75, 3.05) is 6.61 Å². The Bertz CT molecular complexity index is 1190. The van der Waals surface area contributed by atoms with Crippen molar-refractivity contribution in [2.45, 2.75) is 33.7 Å². The molecule has 0 N–H and O–H groups in total. The van der Waals surface area contributed by atoms with Gasteiger partial charge in [-0.2, -0.15) is 0 Å². The van der Waals surface area contributed by atoms with Crippen molar-refractivity contribution in [3.8, 4) is 0 Å².